The molecular formula is C18H14BrClFN3O4S. The third kappa shape index (κ3) is 4.39. The molecule has 1 aliphatic rings. The minimum atomic E-state index is -0.952. The lowest BCUT2D eigenvalue weighted by Crippen LogP contribution is -2.22. The van der Waals surface area contributed by atoms with Gasteiger partial charge in [0.25, 0.3) is 11.1 Å². The molecule has 1 saturated heterocycles. The van der Waals surface area contributed by atoms with Crippen LogP contribution in [0.1, 0.15) is 30.6 Å². The van der Waals surface area contributed by atoms with E-state index in [4.69, 9.17) is 16.3 Å². The van der Waals surface area contributed by atoms with Crippen LogP contribution in [0.2, 0.25) is 5.28 Å². The van der Waals surface area contributed by atoms with Gasteiger partial charge in [-0.2, -0.15) is 0 Å². The summed E-state index contributed by atoms with van der Waals surface area (Å²) in [7, 11) is 1.36. The second-order valence-corrected chi connectivity index (χ2v) is 8.11. The quantitative estimate of drug-likeness (QED) is 0.457. The zero-order chi connectivity index (χ0) is 21.3. The van der Waals surface area contributed by atoms with E-state index in [0.29, 0.717) is 12.0 Å². The van der Waals surface area contributed by atoms with Gasteiger partial charge in [0.05, 0.1) is 9.38 Å². The highest BCUT2D eigenvalue weighted by Gasteiger charge is 2.32. The van der Waals surface area contributed by atoms with E-state index >= 15 is 0 Å². The molecule has 1 aromatic heterocycles. The van der Waals surface area contributed by atoms with E-state index in [-0.39, 0.29) is 26.0 Å². The van der Waals surface area contributed by atoms with Crippen LogP contribution < -0.4 is 4.74 Å². The van der Waals surface area contributed by atoms with E-state index < -0.39 is 28.8 Å². The van der Waals surface area contributed by atoms with Crippen LogP contribution >= 0.6 is 39.3 Å². The summed E-state index contributed by atoms with van der Waals surface area (Å²) in [6.45, 7) is 1.84. The number of hydrogen-bond acceptors (Lipinski definition) is 7. The molecule has 0 bridgehead atoms. The monoisotopic (exact) mass is 501 g/mol. The Bertz CT molecular complexity index is 1020. The lowest BCUT2D eigenvalue weighted by molar-refractivity contribution is -0.121. The number of amides is 2. The Labute approximate surface area is 183 Å². The summed E-state index contributed by atoms with van der Waals surface area (Å²) in [5, 5.41) is 9.85. The summed E-state index contributed by atoms with van der Waals surface area (Å²) in [5.74, 6) is -2.26. The van der Waals surface area contributed by atoms with Gasteiger partial charge in [-0.1, -0.05) is 6.92 Å². The minimum Gasteiger partial charge on any atom is -0.502 e. The van der Waals surface area contributed by atoms with Crippen LogP contribution in [-0.2, 0) is 4.79 Å². The van der Waals surface area contributed by atoms with Gasteiger partial charge in [0, 0.05) is 25.0 Å². The van der Waals surface area contributed by atoms with Crippen molar-refractivity contribution in [3.63, 3.8) is 0 Å². The topological polar surface area (TPSA) is 92.6 Å². The summed E-state index contributed by atoms with van der Waals surface area (Å²) in [6, 6.07) is 1.38. The molecule has 1 unspecified atom stereocenters. The molecular weight excluding hydrogens is 489 g/mol. The van der Waals surface area contributed by atoms with Crippen molar-refractivity contribution in [3.05, 3.63) is 50.1 Å². The predicted octanol–water partition coefficient (Wildman–Crippen LogP) is 4.93. The van der Waals surface area contributed by atoms with E-state index in [2.05, 4.69) is 25.9 Å². The zero-order valence-electron chi connectivity index (χ0n) is 15.1. The molecule has 0 radical (unpaired) electrons. The van der Waals surface area contributed by atoms with Crippen LogP contribution in [0.5, 0.6) is 11.5 Å². The van der Waals surface area contributed by atoms with Crippen molar-refractivity contribution >= 4 is 56.5 Å². The third-order valence-electron chi connectivity index (χ3n) is 4.10. The Balaban J connectivity index is 1.99. The van der Waals surface area contributed by atoms with Crippen LogP contribution in [-0.4, -0.2) is 38.2 Å². The molecule has 29 heavy (non-hydrogen) atoms. The van der Waals surface area contributed by atoms with Crippen LogP contribution in [0.15, 0.2) is 27.8 Å². The molecule has 0 saturated carbocycles. The Kier molecular flexibility index (Phi) is 6.45. The number of thioether (sulfide) groups is 1. The molecule has 11 heteroatoms. The third-order valence-corrected chi connectivity index (χ3v) is 6.06. The van der Waals surface area contributed by atoms with Crippen molar-refractivity contribution in [3.8, 4) is 11.5 Å². The Morgan fingerprint density at radius 3 is 2.62 bits per heavy atom. The van der Waals surface area contributed by atoms with E-state index in [1.807, 2.05) is 6.92 Å². The molecule has 0 aliphatic carbocycles. The number of nitrogens with zero attached hydrogens (tertiary/aromatic N) is 3. The van der Waals surface area contributed by atoms with Crippen molar-refractivity contribution < 1.29 is 23.8 Å². The maximum absolute atomic E-state index is 14.6. The summed E-state index contributed by atoms with van der Waals surface area (Å²) < 4.78 is 20.3. The first-order valence-corrected chi connectivity index (χ1v) is 10.3. The van der Waals surface area contributed by atoms with Gasteiger partial charge >= 0.3 is 0 Å². The number of benzene rings is 1. The highest BCUT2D eigenvalue weighted by Crippen LogP contribution is 2.41. The van der Waals surface area contributed by atoms with Crippen LogP contribution in [0, 0.1) is 5.82 Å². The fraction of sp³-hybridized carbons (Fsp3) is 0.222. The van der Waals surface area contributed by atoms with Gasteiger partial charge in [-0.3, -0.25) is 14.5 Å². The number of aromatic hydroxyl groups is 1. The van der Waals surface area contributed by atoms with Crippen molar-refractivity contribution in [1.29, 1.82) is 0 Å². The number of carbonyl (C=O) groups excluding carboxylic acids is 2. The van der Waals surface area contributed by atoms with Crippen molar-refractivity contribution in [2.75, 3.05) is 7.05 Å². The van der Waals surface area contributed by atoms with E-state index in [0.717, 1.165) is 16.7 Å². The highest BCUT2D eigenvalue weighted by atomic mass is 79.9. The van der Waals surface area contributed by atoms with Crippen molar-refractivity contribution in [2.24, 2.45) is 0 Å². The average Bonchev–Trinajstić information content (AvgIpc) is 2.95. The van der Waals surface area contributed by atoms with Gasteiger partial charge in [0.1, 0.15) is 6.10 Å². The number of ether oxygens (including phenoxy) is 1. The van der Waals surface area contributed by atoms with E-state index in [1.165, 1.54) is 31.6 Å². The first-order chi connectivity index (χ1) is 13.7. The van der Waals surface area contributed by atoms with Gasteiger partial charge in [0.2, 0.25) is 5.28 Å². The van der Waals surface area contributed by atoms with E-state index in [9.17, 15) is 19.1 Å². The van der Waals surface area contributed by atoms with Crippen molar-refractivity contribution in [1.82, 2.24) is 14.9 Å². The van der Waals surface area contributed by atoms with Gasteiger partial charge < -0.3 is 9.84 Å². The van der Waals surface area contributed by atoms with E-state index in [1.54, 1.807) is 0 Å². The first-order valence-electron chi connectivity index (χ1n) is 8.29. The molecule has 1 aliphatic heterocycles. The number of hydrogen-bond donors (Lipinski definition) is 1. The minimum absolute atomic E-state index is 0.0619. The summed E-state index contributed by atoms with van der Waals surface area (Å²) in [4.78, 5) is 32.7. The molecule has 2 amide bonds. The van der Waals surface area contributed by atoms with Crippen LogP contribution in [0.4, 0.5) is 9.18 Å². The number of carbonyl (C=O) groups is 2. The Hall–Kier alpha value is -2.17. The van der Waals surface area contributed by atoms with Gasteiger partial charge in [0.15, 0.2) is 17.3 Å². The van der Waals surface area contributed by atoms with Gasteiger partial charge in [-0.05, 0) is 63.4 Å². The van der Waals surface area contributed by atoms with Gasteiger partial charge in [-0.15, -0.1) is 0 Å². The van der Waals surface area contributed by atoms with Gasteiger partial charge in [-0.25, -0.2) is 14.4 Å². The molecule has 152 valence electrons. The summed E-state index contributed by atoms with van der Waals surface area (Å²) in [5.41, 5.74) is 0.824. The van der Waals surface area contributed by atoms with Crippen LogP contribution in [0.25, 0.3) is 6.08 Å². The Morgan fingerprint density at radius 1 is 1.41 bits per heavy atom. The average molecular weight is 503 g/mol. The fourth-order valence-corrected chi connectivity index (χ4v) is 3.85. The number of likely N-dealkylation sites (N-methyl/N-ethyl adjacent to an activating group) is 1. The number of phenolic OH excluding ortho intramolecular Hbond substituents is 1. The number of aromatic nitrogens is 2. The summed E-state index contributed by atoms with van der Waals surface area (Å²) in [6.07, 6.45) is 4.23. The second kappa shape index (κ2) is 8.68. The summed E-state index contributed by atoms with van der Waals surface area (Å²) >= 11 is 9.51. The van der Waals surface area contributed by atoms with Crippen LogP contribution in [0.3, 0.4) is 0 Å². The zero-order valence-corrected chi connectivity index (χ0v) is 18.3. The molecule has 2 aromatic rings. The lowest BCUT2D eigenvalue weighted by Gasteiger charge is -2.19. The molecule has 3 rings (SSSR count). The molecule has 1 N–H and O–H groups in total. The number of phenols is 1. The fourth-order valence-electron chi connectivity index (χ4n) is 2.52. The maximum atomic E-state index is 14.6. The number of rotatable bonds is 5. The lowest BCUT2D eigenvalue weighted by atomic mass is 10.1. The molecule has 7 nitrogen and oxygen atoms in total. The molecule has 1 atom stereocenters. The molecule has 1 aromatic carbocycles. The Morgan fingerprint density at radius 2 is 2.07 bits per heavy atom. The smallest absolute Gasteiger partial charge is 0.293 e. The SMILES string of the molecule is CCC(Oc1cc(/C=C2\SC(=O)N(C)C2=O)c(Br)c(F)c1O)c1cnc(Cl)nc1. The normalized spacial score (nSPS) is 16.6. The maximum Gasteiger partial charge on any atom is 0.293 e. The molecule has 1 fully saturated rings. The molecule has 2 heterocycles. The first kappa shape index (κ1) is 21.5. The highest BCUT2D eigenvalue weighted by molar-refractivity contribution is 9.10. The predicted molar refractivity (Wildman–Crippen MR) is 110 cm³/mol. The van der Waals surface area contributed by atoms with Crippen molar-refractivity contribution in [2.45, 2.75) is 19.4 Å². The standard InChI is InChI=1S/C18H14BrClFN3O4S/c1-3-10(9-6-22-17(20)23-7-9)28-11-4-8(13(19)14(21)15(11)25)5-12-16(26)24(2)18(27)29-12/h4-7,10,25H,3H2,1-2H3/b12-5-. The number of imide groups is 1. The number of halogens is 3. The second-order valence-electron chi connectivity index (χ2n) is 5.98. The largest absolute Gasteiger partial charge is 0.502 e. The molecule has 0 spiro atoms.